The summed E-state index contributed by atoms with van der Waals surface area (Å²) in [4.78, 5) is 17.3. The molecule has 0 radical (unpaired) electrons. The van der Waals surface area contributed by atoms with Gasteiger partial charge in [0.05, 0.1) is 30.7 Å². The van der Waals surface area contributed by atoms with Gasteiger partial charge in [0, 0.05) is 23.4 Å². The fourth-order valence-corrected chi connectivity index (χ4v) is 4.36. The second kappa shape index (κ2) is 8.53. The fourth-order valence-electron chi connectivity index (χ4n) is 4.36. The van der Waals surface area contributed by atoms with Gasteiger partial charge in [-0.25, -0.2) is 4.68 Å². The van der Waals surface area contributed by atoms with Crippen LogP contribution in [0.2, 0.25) is 0 Å². The van der Waals surface area contributed by atoms with Crippen molar-refractivity contribution in [2.45, 2.75) is 52.5 Å². The van der Waals surface area contributed by atoms with Crippen LogP contribution in [0.1, 0.15) is 55.4 Å². The molecule has 1 aromatic carbocycles. The summed E-state index contributed by atoms with van der Waals surface area (Å²) in [6.07, 6.45) is 4.77. The Kier molecular flexibility index (Phi) is 5.81. The molecule has 0 spiro atoms. The highest BCUT2D eigenvalue weighted by atomic mass is 16.5. The van der Waals surface area contributed by atoms with Gasteiger partial charge >= 0.3 is 0 Å². The molecule has 0 unspecified atom stereocenters. The number of pyridine rings is 1. The van der Waals surface area contributed by atoms with Crippen molar-refractivity contribution in [2.24, 2.45) is 5.41 Å². The normalized spacial score (nSPS) is 17.1. The lowest BCUT2D eigenvalue weighted by Gasteiger charge is -2.36. The van der Waals surface area contributed by atoms with Gasteiger partial charge in [-0.2, -0.15) is 5.10 Å². The predicted molar refractivity (Wildman–Crippen MR) is 120 cm³/mol. The topological polar surface area (TPSA) is 69.0 Å². The average Bonchev–Trinajstić information content (AvgIpc) is 3.15. The maximum absolute atomic E-state index is 12.8. The van der Waals surface area contributed by atoms with E-state index in [9.17, 15) is 4.79 Å². The van der Waals surface area contributed by atoms with E-state index < -0.39 is 0 Å². The third kappa shape index (κ3) is 4.79. The van der Waals surface area contributed by atoms with Crippen LogP contribution in [-0.2, 0) is 17.6 Å². The highest BCUT2D eigenvalue weighted by Gasteiger charge is 2.36. The number of rotatable bonds is 6. The van der Waals surface area contributed by atoms with E-state index in [-0.39, 0.29) is 17.4 Å². The molecule has 1 N–H and O–H groups in total. The van der Waals surface area contributed by atoms with Gasteiger partial charge in [-0.05, 0) is 68.0 Å². The Bertz CT molecular complexity index is 1070. The van der Waals surface area contributed by atoms with Crippen molar-refractivity contribution >= 4 is 5.91 Å². The minimum atomic E-state index is -0.0382. The van der Waals surface area contributed by atoms with Crippen LogP contribution in [0.4, 0.5) is 0 Å². The second-order valence-corrected chi connectivity index (χ2v) is 9.09. The highest BCUT2D eigenvalue weighted by molar-refractivity contribution is 5.76. The minimum Gasteiger partial charge on any atom is -0.497 e. The van der Waals surface area contributed by atoms with Crippen LogP contribution in [-0.4, -0.2) is 27.8 Å². The number of hydrogen-bond acceptors (Lipinski definition) is 4. The number of benzene rings is 1. The van der Waals surface area contributed by atoms with Crippen LogP contribution in [0.5, 0.6) is 5.75 Å². The molecule has 2 heterocycles. The first-order chi connectivity index (χ1) is 14.8. The molecule has 0 saturated heterocycles. The molecule has 6 heteroatoms. The van der Waals surface area contributed by atoms with Gasteiger partial charge in [-0.15, -0.1) is 0 Å². The summed E-state index contributed by atoms with van der Waals surface area (Å²) in [7, 11) is 1.66. The first-order valence-electron chi connectivity index (χ1n) is 10.8. The molecule has 1 aliphatic rings. The number of ether oxygens (including phenoxy) is 1. The Morgan fingerprint density at radius 3 is 2.71 bits per heavy atom. The molecule has 1 atom stereocenters. The summed E-state index contributed by atoms with van der Waals surface area (Å²) < 4.78 is 7.26. The largest absolute Gasteiger partial charge is 0.497 e. The van der Waals surface area contributed by atoms with Crippen LogP contribution in [0.25, 0.3) is 5.69 Å². The van der Waals surface area contributed by atoms with E-state index in [1.54, 1.807) is 7.11 Å². The van der Waals surface area contributed by atoms with Crippen LogP contribution in [0.15, 0.2) is 48.7 Å². The lowest BCUT2D eigenvalue weighted by molar-refractivity contribution is -0.122. The van der Waals surface area contributed by atoms with Crippen molar-refractivity contribution in [3.63, 3.8) is 0 Å². The van der Waals surface area contributed by atoms with E-state index >= 15 is 0 Å². The van der Waals surface area contributed by atoms with E-state index in [2.05, 4.69) is 29.2 Å². The number of hydrogen-bond donors (Lipinski definition) is 1. The maximum Gasteiger partial charge on any atom is 0.220 e. The lowest BCUT2D eigenvalue weighted by Crippen LogP contribution is -2.36. The fraction of sp³-hybridized carbons (Fsp3) is 0.400. The van der Waals surface area contributed by atoms with Crippen molar-refractivity contribution in [3.8, 4) is 11.4 Å². The van der Waals surface area contributed by atoms with E-state index in [0.29, 0.717) is 12.8 Å². The molecule has 31 heavy (non-hydrogen) atoms. The molecular formula is C25H30N4O2. The molecule has 0 aliphatic heterocycles. The zero-order valence-corrected chi connectivity index (χ0v) is 18.7. The SMILES string of the molecule is COc1ccc(-n2ncc3c2CC(C)(C)C[C@@H]3NC(=O)CCc2cccc(C)n2)cc1. The Morgan fingerprint density at radius 2 is 2.00 bits per heavy atom. The number of fused-ring (bicyclic) bond motifs is 1. The minimum absolute atomic E-state index is 0.0382. The number of aromatic nitrogens is 3. The molecule has 6 nitrogen and oxygen atoms in total. The number of nitrogens with zero attached hydrogens (tertiary/aromatic N) is 3. The number of carbonyl (C=O) groups is 1. The molecule has 1 amide bonds. The summed E-state index contributed by atoms with van der Waals surface area (Å²) in [5.41, 5.74) is 5.25. The van der Waals surface area contributed by atoms with Gasteiger partial charge in [0.15, 0.2) is 0 Å². The first kappa shape index (κ1) is 21.1. The van der Waals surface area contributed by atoms with Gasteiger partial charge in [-0.1, -0.05) is 19.9 Å². The maximum atomic E-state index is 12.8. The number of methoxy groups -OCH3 is 1. The zero-order chi connectivity index (χ0) is 22.0. The predicted octanol–water partition coefficient (Wildman–Crippen LogP) is 4.35. The van der Waals surface area contributed by atoms with E-state index in [0.717, 1.165) is 46.9 Å². The molecular weight excluding hydrogens is 388 g/mol. The molecule has 0 saturated carbocycles. The van der Waals surface area contributed by atoms with Gasteiger partial charge in [-0.3, -0.25) is 9.78 Å². The highest BCUT2D eigenvalue weighted by Crippen LogP contribution is 2.41. The summed E-state index contributed by atoms with van der Waals surface area (Å²) in [6.45, 7) is 6.46. The Morgan fingerprint density at radius 1 is 1.23 bits per heavy atom. The summed E-state index contributed by atoms with van der Waals surface area (Å²) >= 11 is 0. The summed E-state index contributed by atoms with van der Waals surface area (Å²) in [5, 5.41) is 7.92. The first-order valence-corrected chi connectivity index (χ1v) is 10.8. The van der Waals surface area contributed by atoms with E-state index in [4.69, 9.17) is 4.74 Å². The van der Waals surface area contributed by atoms with Crippen molar-refractivity contribution in [1.82, 2.24) is 20.1 Å². The third-order valence-corrected chi connectivity index (χ3v) is 5.89. The smallest absolute Gasteiger partial charge is 0.220 e. The standard InChI is InChI=1S/C25H30N4O2/c1-17-6-5-7-18(27-17)8-13-24(30)28-22-14-25(2,3)15-23-21(22)16-26-29(23)19-9-11-20(31-4)12-10-19/h5-7,9-12,16,22H,8,13-15H2,1-4H3,(H,28,30)/t22-/m0/s1. The van der Waals surface area contributed by atoms with Crippen LogP contribution in [0, 0.1) is 12.3 Å². The van der Waals surface area contributed by atoms with E-state index in [1.165, 1.54) is 0 Å². The van der Waals surface area contributed by atoms with Gasteiger partial charge in [0.1, 0.15) is 5.75 Å². The van der Waals surface area contributed by atoms with Crippen molar-refractivity contribution in [2.75, 3.05) is 7.11 Å². The average molecular weight is 419 g/mol. The Labute approximate surface area is 183 Å². The van der Waals surface area contributed by atoms with Crippen molar-refractivity contribution in [1.29, 1.82) is 0 Å². The lowest BCUT2D eigenvalue weighted by atomic mass is 9.74. The van der Waals surface area contributed by atoms with Crippen LogP contribution in [0.3, 0.4) is 0 Å². The number of aryl methyl sites for hydroxylation is 2. The molecule has 4 rings (SSSR count). The zero-order valence-electron chi connectivity index (χ0n) is 18.7. The Hall–Kier alpha value is -3.15. The van der Waals surface area contributed by atoms with Gasteiger partial charge in [0.2, 0.25) is 5.91 Å². The molecule has 1 aliphatic carbocycles. The van der Waals surface area contributed by atoms with Gasteiger partial charge < -0.3 is 10.1 Å². The molecule has 162 valence electrons. The molecule has 3 aromatic rings. The summed E-state index contributed by atoms with van der Waals surface area (Å²) in [6, 6.07) is 13.8. The molecule has 0 fully saturated rings. The number of carbonyl (C=O) groups excluding carboxylic acids is 1. The van der Waals surface area contributed by atoms with Gasteiger partial charge in [0.25, 0.3) is 0 Å². The molecule has 2 aromatic heterocycles. The van der Waals surface area contributed by atoms with Crippen molar-refractivity contribution < 1.29 is 9.53 Å². The molecule has 0 bridgehead atoms. The van der Waals surface area contributed by atoms with Crippen molar-refractivity contribution in [3.05, 3.63) is 71.3 Å². The quantitative estimate of drug-likeness (QED) is 0.646. The Balaban J connectivity index is 1.52. The monoisotopic (exact) mass is 418 g/mol. The van der Waals surface area contributed by atoms with Crippen LogP contribution < -0.4 is 10.1 Å². The number of amides is 1. The van der Waals surface area contributed by atoms with Crippen LogP contribution >= 0.6 is 0 Å². The third-order valence-electron chi connectivity index (χ3n) is 5.89. The van der Waals surface area contributed by atoms with E-state index in [1.807, 2.05) is 60.3 Å². The number of nitrogens with one attached hydrogen (secondary N) is 1. The second-order valence-electron chi connectivity index (χ2n) is 9.09. The summed E-state index contributed by atoms with van der Waals surface area (Å²) in [5.74, 6) is 0.868.